The summed E-state index contributed by atoms with van der Waals surface area (Å²) in [5.74, 6) is -1.25. The van der Waals surface area contributed by atoms with Gasteiger partial charge in [-0.05, 0) is 33.2 Å². The average Bonchev–Trinajstić information content (AvgIpc) is 2.53. The van der Waals surface area contributed by atoms with Crippen molar-refractivity contribution >= 4 is 11.9 Å². The second kappa shape index (κ2) is 3.96. The van der Waals surface area contributed by atoms with Gasteiger partial charge in [-0.15, -0.1) is 0 Å². The number of amides is 1. The van der Waals surface area contributed by atoms with Crippen molar-refractivity contribution in [1.82, 2.24) is 10.6 Å². The summed E-state index contributed by atoms with van der Waals surface area (Å²) in [6.07, 6.45) is 1.70. The summed E-state index contributed by atoms with van der Waals surface area (Å²) < 4.78 is 0. The molecule has 0 radical (unpaired) electrons. The van der Waals surface area contributed by atoms with Crippen LogP contribution in [-0.4, -0.2) is 35.1 Å². The molecule has 3 N–H and O–H groups in total. The zero-order valence-corrected chi connectivity index (χ0v) is 8.46. The summed E-state index contributed by atoms with van der Waals surface area (Å²) in [4.78, 5) is 22.2. The Morgan fingerprint density at radius 1 is 1.57 bits per heavy atom. The number of carboxylic acid groups (broad SMARTS) is 1. The standard InChI is InChI=1S/C9H16N2O3/c1-6(7(12)13)11-8(14)9(2)4-3-5-10-9/h6,10H,3-5H2,1-2H3,(H,11,14)(H,12,13). The van der Waals surface area contributed by atoms with E-state index in [1.54, 1.807) is 6.92 Å². The lowest BCUT2D eigenvalue weighted by Gasteiger charge is -2.24. The summed E-state index contributed by atoms with van der Waals surface area (Å²) in [5.41, 5.74) is -0.594. The summed E-state index contributed by atoms with van der Waals surface area (Å²) in [6, 6.07) is -0.832. The summed E-state index contributed by atoms with van der Waals surface area (Å²) in [5, 5.41) is 14.2. The molecule has 0 aromatic heterocycles. The third-order valence-electron chi connectivity index (χ3n) is 2.59. The number of hydrogen-bond acceptors (Lipinski definition) is 3. The predicted molar refractivity (Wildman–Crippen MR) is 50.9 cm³/mol. The Morgan fingerprint density at radius 3 is 2.64 bits per heavy atom. The maximum atomic E-state index is 11.6. The van der Waals surface area contributed by atoms with Gasteiger partial charge in [0.25, 0.3) is 0 Å². The smallest absolute Gasteiger partial charge is 0.325 e. The van der Waals surface area contributed by atoms with Crippen molar-refractivity contribution in [3.05, 3.63) is 0 Å². The molecule has 1 saturated heterocycles. The topological polar surface area (TPSA) is 78.4 Å². The highest BCUT2D eigenvalue weighted by Gasteiger charge is 2.36. The fraction of sp³-hybridized carbons (Fsp3) is 0.778. The summed E-state index contributed by atoms with van der Waals surface area (Å²) in [6.45, 7) is 4.06. The molecule has 0 spiro atoms. The van der Waals surface area contributed by atoms with Crippen LogP contribution in [0.25, 0.3) is 0 Å². The predicted octanol–water partition coefficient (Wildman–Crippen LogP) is -0.282. The van der Waals surface area contributed by atoms with E-state index in [1.165, 1.54) is 6.92 Å². The molecule has 1 aliphatic rings. The Labute approximate surface area is 82.9 Å². The van der Waals surface area contributed by atoms with E-state index in [9.17, 15) is 9.59 Å². The fourth-order valence-corrected chi connectivity index (χ4v) is 1.51. The van der Waals surface area contributed by atoms with E-state index in [0.717, 1.165) is 19.4 Å². The van der Waals surface area contributed by atoms with Crippen LogP contribution in [0.5, 0.6) is 0 Å². The molecule has 80 valence electrons. The molecule has 0 aromatic rings. The molecule has 1 aliphatic heterocycles. The van der Waals surface area contributed by atoms with Crippen LogP contribution in [0.3, 0.4) is 0 Å². The van der Waals surface area contributed by atoms with Crippen molar-refractivity contribution in [1.29, 1.82) is 0 Å². The monoisotopic (exact) mass is 200 g/mol. The number of carbonyl (C=O) groups excluding carboxylic acids is 1. The van der Waals surface area contributed by atoms with Crippen LogP contribution >= 0.6 is 0 Å². The number of carbonyl (C=O) groups is 2. The van der Waals surface area contributed by atoms with Crippen molar-refractivity contribution in [2.75, 3.05) is 6.54 Å². The molecule has 0 saturated carbocycles. The number of aliphatic carboxylic acids is 1. The Bertz CT molecular complexity index is 246. The molecule has 2 unspecified atom stereocenters. The van der Waals surface area contributed by atoms with Gasteiger partial charge in [0.05, 0.1) is 5.54 Å². The average molecular weight is 200 g/mol. The maximum Gasteiger partial charge on any atom is 0.325 e. The first-order chi connectivity index (χ1) is 6.46. The van der Waals surface area contributed by atoms with Gasteiger partial charge >= 0.3 is 5.97 Å². The van der Waals surface area contributed by atoms with Crippen LogP contribution in [-0.2, 0) is 9.59 Å². The lowest BCUT2D eigenvalue weighted by Crippen LogP contribution is -2.54. The minimum Gasteiger partial charge on any atom is -0.480 e. The molecule has 1 heterocycles. The second-order valence-corrected chi connectivity index (χ2v) is 3.90. The molecule has 1 fully saturated rings. The van der Waals surface area contributed by atoms with Crippen LogP contribution in [0.4, 0.5) is 0 Å². The first-order valence-corrected chi connectivity index (χ1v) is 4.74. The van der Waals surface area contributed by atoms with Gasteiger partial charge in [-0.2, -0.15) is 0 Å². The largest absolute Gasteiger partial charge is 0.480 e. The van der Waals surface area contributed by atoms with Crippen molar-refractivity contribution in [2.24, 2.45) is 0 Å². The van der Waals surface area contributed by atoms with Crippen molar-refractivity contribution < 1.29 is 14.7 Å². The van der Waals surface area contributed by atoms with E-state index in [2.05, 4.69) is 10.6 Å². The number of rotatable bonds is 3. The molecule has 2 atom stereocenters. The van der Waals surface area contributed by atoms with E-state index in [-0.39, 0.29) is 5.91 Å². The molecular formula is C9H16N2O3. The molecule has 0 aliphatic carbocycles. The van der Waals surface area contributed by atoms with Gasteiger partial charge in [0.1, 0.15) is 6.04 Å². The number of nitrogens with one attached hydrogen (secondary N) is 2. The molecule has 14 heavy (non-hydrogen) atoms. The Morgan fingerprint density at radius 2 is 2.21 bits per heavy atom. The van der Waals surface area contributed by atoms with Gasteiger partial charge < -0.3 is 15.7 Å². The summed E-state index contributed by atoms with van der Waals surface area (Å²) in [7, 11) is 0. The lowest BCUT2D eigenvalue weighted by molar-refractivity contribution is -0.142. The number of hydrogen-bond donors (Lipinski definition) is 3. The first-order valence-electron chi connectivity index (χ1n) is 4.74. The van der Waals surface area contributed by atoms with Crippen molar-refractivity contribution in [3.8, 4) is 0 Å². The third kappa shape index (κ3) is 2.23. The SMILES string of the molecule is CC(NC(=O)C1(C)CCCN1)C(=O)O. The van der Waals surface area contributed by atoms with Gasteiger partial charge in [-0.1, -0.05) is 0 Å². The quantitative estimate of drug-likeness (QED) is 0.585. The zero-order chi connectivity index (χ0) is 10.8. The molecule has 1 rings (SSSR count). The van der Waals surface area contributed by atoms with Gasteiger partial charge in [-0.25, -0.2) is 0 Å². The molecule has 0 bridgehead atoms. The first kappa shape index (κ1) is 11.0. The van der Waals surface area contributed by atoms with Gasteiger partial charge in [0.15, 0.2) is 0 Å². The number of carboxylic acids is 1. The highest BCUT2D eigenvalue weighted by molar-refractivity contribution is 5.89. The molecule has 5 heteroatoms. The van der Waals surface area contributed by atoms with Crippen LogP contribution in [0.15, 0.2) is 0 Å². The van der Waals surface area contributed by atoms with E-state index in [4.69, 9.17) is 5.11 Å². The van der Waals surface area contributed by atoms with E-state index >= 15 is 0 Å². The maximum absolute atomic E-state index is 11.6. The highest BCUT2D eigenvalue weighted by atomic mass is 16.4. The summed E-state index contributed by atoms with van der Waals surface area (Å²) >= 11 is 0. The molecule has 1 amide bonds. The Kier molecular flexibility index (Phi) is 3.10. The zero-order valence-electron chi connectivity index (χ0n) is 8.46. The van der Waals surface area contributed by atoms with E-state index in [0.29, 0.717) is 0 Å². The van der Waals surface area contributed by atoms with Gasteiger partial charge in [0, 0.05) is 0 Å². The Hall–Kier alpha value is -1.10. The second-order valence-electron chi connectivity index (χ2n) is 3.90. The van der Waals surface area contributed by atoms with Crippen LogP contribution < -0.4 is 10.6 Å². The molecular weight excluding hydrogens is 184 g/mol. The van der Waals surface area contributed by atoms with Crippen LogP contribution in [0.2, 0.25) is 0 Å². The van der Waals surface area contributed by atoms with Crippen LogP contribution in [0, 0.1) is 0 Å². The minimum atomic E-state index is -1.01. The van der Waals surface area contributed by atoms with E-state index in [1.807, 2.05) is 0 Å². The fourth-order valence-electron chi connectivity index (χ4n) is 1.51. The molecule has 0 aromatic carbocycles. The van der Waals surface area contributed by atoms with E-state index < -0.39 is 17.6 Å². The van der Waals surface area contributed by atoms with Gasteiger partial charge in [0.2, 0.25) is 5.91 Å². The third-order valence-corrected chi connectivity index (χ3v) is 2.59. The lowest BCUT2D eigenvalue weighted by atomic mass is 9.99. The van der Waals surface area contributed by atoms with Crippen molar-refractivity contribution in [2.45, 2.75) is 38.3 Å². The minimum absolute atomic E-state index is 0.232. The Balaban J connectivity index is 2.53. The highest BCUT2D eigenvalue weighted by Crippen LogP contribution is 2.18. The van der Waals surface area contributed by atoms with Crippen molar-refractivity contribution in [3.63, 3.8) is 0 Å². The normalized spacial score (nSPS) is 28.4. The van der Waals surface area contributed by atoms with Crippen LogP contribution in [0.1, 0.15) is 26.7 Å². The molecule has 5 nitrogen and oxygen atoms in total. The van der Waals surface area contributed by atoms with Gasteiger partial charge in [-0.3, -0.25) is 9.59 Å².